The molecule has 0 fully saturated rings. The van der Waals surface area contributed by atoms with Gasteiger partial charge in [-0.15, -0.1) is 69.1 Å². The standard InChI is InChI=1S/2C24H29.C2H6Si.2ClH.Zr/c2*1-7-18-10-19-9-8-17(6)24(23(19)11-18)22-13-20(15(2)3)12-21(14-22)16(4)5;1-3-2;;;/h2*8-16H,7H2,1-6H3;1-2H3;2*1H;/q2*-1;;;;+4/p-2. The predicted molar refractivity (Wildman–Crippen MR) is 244 cm³/mol. The van der Waals surface area contributed by atoms with E-state index in [0.717, 1.165) is 22.4 Å². The van der Waals surface area contributed by atoms with E-state index in [1.807, 2.05) is 0 Å². The topological polar surface area (TPSA) is 0 Å². The van der Waals surface area contributed by atoms with Crippen LogP contribution in [-0.2, 0) is 33.7 Å². The molecule has 6 rings (SSSR count). The second-order valence-electron chi connectivity index (χ2n) is 15.9. The first-order valence-electron chi connectivity index (χ1n) is 19.9. The zero-order valence-corrected chi connectivity index (χ0v) is 40.5. The summed E-state index contributed by atoms with van der Waals surface area (Å²) >= 11 is -0.826. The Hall–Kier alpha value is -2.22. The van der Waals surface area contributed by atoms with Crippen LogP contribution in [0.25, 0.3) is 43.8 Å². The van der Waals surface area contributed by atoms with Gasteiger partial charge in [0.15, 0.2) is 0 Å². The number of hydrogen-bond donors (Lipinski definition) is 0. The van der Waals surface area contributed by atoms with Crippen molar-refractivity contribution >= 4 is 48.1 Å². The molecule has 0 amide bonds. The van der Waals surface area contributed by atoms with Crippen LogP contribution in [0.2, 0.25) is 13.1 Å². The molecule has 0 unspecified atom stereocenters. The van der Waals surface area contributed by atoms with Gasteiger partial charge in [-0.2, -0.15) is 12.1 Å². The van der Waals surface area contributed by atoms with Gasteiger partial charge in [0.1, 0.15) is 0 Å². The van der Waals surface area contributed by atoms with Gasteiger partial charge in [-0.05, 0) is 83.7 Å². The molecule has 0 bridgehead atoms. The minimum absolute atomic E-state index is 0.549. The molecule has 0 aromatic heterocycles. The second-order valence-corrected chi connectivity index (χ2v) is 20.7. The Bertz CT molecular complexity index is 1870. The molecular formula is C50H64Cl2SiZr. The zero-order chi connectivity index (χ0) is 40.3. The predicted octanol–water partition coefficient (Wildman–Crippen LogP) is 16.8. The Morgan fingerprint density at radius 1 is 0.519 bits per heavy atom. The van der Waals surface area contributed by atoms with Gasteiger partial charge in [0.25, 0.3) is 0 Å². The monoisotopic (exact) mass is 852 g/mol. The van der Waals surface area contributed by atoms with Crippen molar-refractivity contribution in [3.63, 3.8) is 0 Å². The summed E-state index contributed by atoms with van der Waals surface area (Å²) in [4.78, 5) is 0. The van der Waals surface area contributed by atoms with Crippen molar-refractivity contribution in [3.8, 4) is 22.3 Å². The maximum atomic E-state index is 4.93. The van der Waals surface area contributed by atoms with Crippen molar-refractivity contribution in [1.29, 1.82) is 0 Å². The van der Waals surface area contributed by atoms with E-state index in [2.05, 4.69) is 181 Å². The molecule has 4 heteroatoms. The Morgan fingerprint density at radius 2 is 0.796 bits per heavy atom. The maximum absolute atomic E-state index is 4.93. The summed E-state index contributed by atoms with van der Waals surface area (Å²) in [7, 11) is 11.0. The Kier molecular flexibility index (Phi) is 18.7. The van der Waals surface area contributed by atoms with Gasteiger partial charge in [0.2, 0.25) is 0 Å². The summed E-state index contributed by atoms with van der Waals surface area (Å²) in [6.45, 7) is 31.5. The van der Waals surface area contributed by atoms with Crippen LogP contribution in [0.5, 0.6) is 0 Å². The van der Waals surface area contributed by atoms with E-state index in [1.54, 1.807) is 0 Å². The van der Waals surface area contributed by atoms with Gasteiger partial charge in [-0.1, -0.05) is 141 Å². The molecule has 6 aromatic rings. The molecule has 2 radical (unpaired) electrons. The van der Waals surface area contributed by atoms with Crippen molar-refractivity contribution in [3.05, 3.63) is 129 Å². The fourth-order valence-corrected chi connectivity index (χ4v) is 7.06. The average Bonchev–Trinajstić information content (AvgIpc) is 3.76. The second kappa shape index (κ2) is 21.9. The SMILES string of the molecule is CCc1cc2c(-c3cc(C(C)C)cc(C(C)C)c3)c(C)ccc2[cH-]1.CCc1cc2c(-c3cc(C(C)C)cc(C(C)C)c3)c(C)ccc2[cH-]1.C[Si]C.[Cl][Zr+2][Cl]. The number of halogens is 2. The molecule has 0 atom stereocenters. The van der Waals surface area contributed by atoms with Crippen LogP contribution in [-0.4, -0.2) is 9.52 Å². The molecular weight excluding hydrogens is 791 g/mol. The summed E-state index contributed by atoms with van der Waals surface area (Å²) in [5, 5.41) is 5.55. The molecule has 286 valence electrons. The van der Waals surface area contributed by atoms with Crippen LogP contribution in [0, 0.1) is 13.8 Å². The third-order valence-electron chi connectivity index (χ3n) is 10.3. The van der Waals surface area contributed by atoms with Gasteiger partial charge in [0, 0.05) is 9.52 Å². The average molecular weight is 855 g/mol. The van der Waals surface area contributed by atoms with Gasteiger partial charge in [0.05, 0.1) is 0 Å². The molecule has 0 aliphatic heterocycles. The summed E-state index contributed by atoms with van der Waals surface area (Å²) in [5.74, 6) is 2.20. The molecule has 0 aliphatic carbocycles. The first kappa shape index (κ1) is 46.2. The number of rotatable bonds is 8. The zero-order valence-electron chi connectivity index (χ0n) is 35.6. The van der Waals surface area contributed by atoms with Crippen LogP contribution >= 0.6 is 17.0 Å². The van der Waals surface area contributed by atoms with Crippen LogP contribution in [0.15, 0.2) is 84.9 Å². The van der Waals surface area contributed by atoms with E-state index in [9.17, 15) is 0 Å². The summed E-state index contributed by atoms with van der Waals surface area (Å²) in [6, 6.07) is 32.9. The van der Waals surface area contributed by atoms with Crippen molar-refractivity contribution in [2.24, 2.45) is 0 Å². The van der Waals surface area contributed by atoms with E-state index in [1.165, 1.54) is 88.3 Å². The third kappa shape index (κ3) is 11.9. The van der Waals surface area contributed by atoms with Crippen molar-refractivity contribution in [1.82, 2.24) is 0 Å². The van der Waals surface area contributed by atoms with Crippen LogP contribution in [0.4, 0.5) is 0 Å². The number of hydrogen-bond acceptors (Lipinski definition) is 0. The quantitative estimate of drug-likeness (QED) is 0.106. The van der Waals surface area contributed by atoms with Crippen molar-refractivity contribution in [2.75, 3.05) is 0 Å². The molecule has 54 heavy (non-hydrogen) atoms. The molecule has 0 saturated heterocycles. The number of aryl methyl sites for hydroxylation is 4. The van der Waals surface area contributed by atoms with E-state index in [4.69, 9.17) is 17.0 Å². The number of fused-ring (bicyclic) bond motifs is 2. The van der Waals surface area contributed by atoms with Gasteiger partial charge < -0.3 is 0 Å². The van der Waals surface area contributed by atoms with Crippen molar-refractivity contribution in [2.45, 2.75) is 133 Å². The summed E-state index contributed by atoms with van der Waals surface area (Å²) in [5.41, 5.74) is 16.9. The molecule has 6 aromatic carbocycles. The normalized spacial score (nSPS) is 11.0. The molecule has 0 spiro atoms. The van der Waals surface area contributed by atoms with Gasteiger partial charge in [-0.3, -0.25) is 0 Å². The minimum atomic E-state index is -0.826. The van der Waals surface area contributed by atoms with E-state index in [-0.39, 0.29) is 0 Å². The first-order chi connectivity index (χ1) is 25.6. The molecule has 0 aliphatic rings. The van der Waals surface area contributed by atoms with Crippen LogP contribution in [0.3, 0.4) is 0 Å². The number of benzene rings is 4. The van der Waals surface area contributed by atoms with Gasteiger partial charge in [-0.25, -0.2) is 0 Å². The molecule has 0 nitrogen and oxygen atoms in total. The summed E-state index contributed by atoms with van der Waals surface area (Å²) in [6.07, 6.45) is 2.19. The van der Waals surface area contributed by atoms with E-state index in [0.29, 0.717) is 23.7 Å². The Balaban J connectivity index is 0.000000254. The molecule has 0 N–H and O–H groups in total. The fourth-order valence-electron chi connectivity index (χ4n) is 7.06. The molecule has 0 saturated carbocycles. The van der Waals surface area contributed by atoms with Gasteiger partial charge >= 0.3 is 37.9 Å². The van der Waals surface area contributed by atoms with Crippen LogP contribution < -0.4 is 0 Å². The van der Waals surface area contributed by atoms with E-state index < -0.39 is 20.8 Å². The van der Waals surface area contributed by atoms with Crippen LogP contribution in [0.1, 0.15) is 137 Å². The summed E-state index contributed by atoms with van der Waals surface area (Å²) < 4.78 is 0. The third-order valence-corrected chi connectivity index (χ3v) is 10.3. The first-order valence-corrected chi connectivity index (χ1v) is 28.2. The fraction of sp³-hybridized carbons (Fsp3) is 0.400. The molecule has 0 heterocycles. The Labute approximate surface area is 350 Å². The van der Waals surface area contributed by atoms with E-state index >= 15 is 0 Å². The van der Waals surface area contributed by atoms with Crippen molar-refractivity contribution < 1.29 is 20.8 Å². The Morgan fingerprint density at radius 3 is 1.04 bits per heavy atom.